The van der Waals surface area contributed by atoms with Crippen molar-refractivity contribution in [2.45, 2.75) is 39.8 Å². The topological polar surface area (TPSA) is 74.6 Å². The van der Waals surface area contributed by atoms with Crippen LogP contribution in [0.25, 0.3) is 11.0 Å². The average molecular weight is 371 g/mol. The maximum atomic E-state index is 12.2. The van der Waals surface area contributed by atoms with Gasteiger partial charge in [-0.1, -0.05) is 26.0 Å². The fraction of sp³-hybridized carbons (Fsp3) is 0.550. The van der Waals surface area contributed by atoms with Gasteiger partial charge in [-0.15, -0.1) is 0 Å². The highest BCUT2D eigenvalue weighted by Gasteiger charge is 2.27. The number of para-hydroxylation sites is 2. The molecule has 2 aromatic rings. The third kappa shape index (κ3) is 4.40. The maximum Gasteiger partial charge on any atom is 0.225 e. The molecular formula is C20H30N6O. The number of fused-ring (bicyclic) bond motifs is 1. The van der Waals surface area contributed by atoms with Crippen LogP contribution in [0.1, 0.15) is 33.0 Å². The van der Waals surface area contributed by atoms with Gasteiger partial charge in [0.2, 0.25) is 5.91 Å². The third-order valence-electron chi connectivity index (χ3n) is 4.94. The second kappa shape index (κ2) is 8.41. The lowest BCUT2D eigenvalue weighted by Crippen LogP contribution is -2.45. The number of aryl methyl sites for hydroxylation is 1. The predicted octanol–water partition coefficient (Wildman–Crippen LogP) is 1.89. The van der Waals surface area contributed by atoms with Crippen LogP contribution in [0, 0.1) is 5.92 Å². The van der Waals surface area contributed by atoms with Crippen LogP contribution in [0.15, 0.2) is 29.3 Å². The molecule has 0 radical (unpaired) electrons. The van der Waals surface area contributed by atoms with E-state index in [1.165, 1.54) is 0 Å². The normalized spacial score (nSPS) is 17.7. The molecule has 0 spiro atoms. The number of benzene rings is 1. The number of amides is 1. The van der Waals surface area contributed by atoms with Gasteiger partial charge in [0, 0.05) is 38.6 Å². The molecule has 7 heteroatoms. The number of nitrogens with one attached hydrogen (secondary N) is 2. The summed E-state index contributed by atoms with van der Waals surface area (Å²) in [5.74, 6) is 1.97. The minimum absolute atomic E-state index is 0.0446. The lowest BCUT2D eigenvalue weighted by molar-refractivity contribution is -0.133. The van der Waals surface area contributed by atoms with Crippen LogP contribution < -0.4 is 10.6 Å². The van der Waals surface area contributed by atoms with Crippen LogP contribution in [0.5, 0.6) is 0 Å². The molecular weight excluding hydrogens is 340 g/mol. The quantitative estimate of drug-likeness (QED) is 0.623. The van der Waals surface area contributed by atoms with E-state index in [0.29, 0.717) is 6.54 Å². The molecule has 1 fully saturated rings. The summed E-state index contributed by atoms with van der Waals surface area (Å²) < 4.78 is 2.08. The SMILES string of the molecule is CCNC(=NCc1nc2ccccc2n1C)NC1CCN(C(=O)C(C)C)C1. The van der Waals surface area contributed by atoms with Gasteiger partial charge in [0.25, 0.3) is 0 Å². The molecule has 0 saturated carbocycles. The largest absolute Gasteiger partial charge is 0.357 e. The summed E-state index contributed by atoms with van der Waals surface area (Å²) in [5.41, 5.74) is 2.10. The number of carbonyl (C=O) groups excluding carboxylic acids is 1. The first-order valence-corrected chi connectivity index (χ1v) is 9.73. The van der Waals surface area contributed by atoms with Gasteiger partial charge in [-0.25, -0.2) is 9.98 Å². The summed E-state index contributed by atoms with van der Waals surface area (Å²) in [7, 11) is 2.02. The van der Waals surface area contributed by atoms with Crippen LogP contribution >= 0.6 is 0 Å². The van der Waals surface area contributed by atoms with Crippen molar-refractivity contribution in [1.29, 1.82) is 0 Å². The molecule has 1 aliphatic rings. The number of hydrogen-bond donors (Lipinski definition) is 2. The number of carbonyl (C=O) groups is 1. The molecule has 1 unspecified atom stereocenters. The van der Waals surface area contributed by atoms with Crippen molar-refractivity contribution >= 4 is 22.9 Å². The number of rotatable bonds is 5. The molecule has 3 rings (SSSR count). The molecule has 2 heterocycles. The van der Waals surface area contributed by atoms with Gasteiger partial charge in [0.05, 0.1) is 11.0 Å². The summed E-state index contributed by atoms with van der Waals surface area (Å²) in [5, 5.41) is 6.77. The van der Waals surface area contributed by atoms with Gasteiger partial charge >= 0.3 is 0 Å². The molecule has 1 aromatic heterocycles. The number of likely N-dealkylation sites (tertiary alicyclic amines) is 1. The third-order valence-corrected chi connectivity index (χ3v) is 4.94. The Hall–Kier alpha value is -2.57. The van der Waals surface area contributed by atoms with E-state index < -0.39 is 0 Å². The molecule has 27 heavy (non-hydrogen) atoms. The van der Waals surface area contributed by atoms with Gasteiger partial charge in [0.1, 0.15) is 12.4 Å². The fourth-order valence-corrected chi connectivity index (χ4v) is 3.44. The summed E-state index contributed by atoms with van der Waals surface area (Å²) in [4.78, 5) is 23.5. The zero-order valence-electron chi connectivity index (χ0n) is 16.7. The molecule has 1 atom stereocenters. The maximum absolute atomic E-state index is 12.2. The van der Waals surface area contributed by atoms with E-state index in [-0.39, 0.29) is 17.9 Å². The summed E-state index contributed by atoms with van der Waals surface area (Å²) >= 11 is 0. The zero-order chi connectivity index (χ0) is 19.4. The van der Waals surface area contributed by atoms with Crippen molar-refractivity contribution in [3.8, 4) is 0 Å². The Morgan fingerprint density at radius 2 is 2.15 bits per heavy atom. The molecule has 1 aliphatic heterocycles. The highest BCUT2D eigenvalue weighted by molar-refractivity contribution is 5.81. The van der Waals surface area contributed by atoms with E-state index in [2.05, 4.69) is 33.2 Å². The van der Waals surface area contributed by atoms with Crippen LogP contribution in [-0.4, -0.2) is 52.0 Å². The highest BCUT2D eigenvalue weighted by atomic mass is 16.2. The van der Waals surface area contributed by atoms with E-state index in [4.69, 9.17) is 4.99 Å². The molecule has 0 bridgehead atoms. The molecule has 7 nitrogen and oxygen atoms in total. The second-order valence-electron chi connectivity index (χ2n) is 7.34. The van der Waals surface area contributed by atoms with Gasteiger partial charge < -0.3 is 20.1 Å². The minimum Gasteiger partial charge on any atom is -0.357 e. The standard InChI is InChI=1S/C20H30N6O/c1-5-21-20(23-15-10-11-26(13-15)19(27)14(2)3)22-12-18-24-16-8-6-7-9-17(16)25(18)4/h6-9,14-15H,5,10-13H2,1-4H3,(H2,21,22,23). The predicted molar refractivity (Wildman–Crippen MR) is 108 cm³/mol. The van der Waals surface area contributed by atoms with Crippen molar-refractivity contribution < 1.29 is 4.79 Å². The molecule has 1 aromatic carbocycles. The van der Waals surface area contributed by atoms with E-state index >= 15 is 0 Å². The molecule has 1 saturated heterocycles. The smallest absolute Gasteiger partial charge is 0.225 e. The lowest BCUT2D eigenvalue weighted by atomic mass is 10.2. The van der Waals surface area contributed by atoms with Crippen LogP contribution in [0.4, 0.5) is 0 Å². The van der Waals surface area contributed by atoms with Crippen molar-refractivity contribution in [3.63, 3.8) is 0 Å². The lowest BCUT2D eigenvalue weighted by Gasteiger charge is -2.20. The van der Waals surface area contributed by atoms with E-state index in [1.54, 1.807) is 0 Å². The number of guanidine groups is 1. The van der Waals surface area contributed by atoms with Crippen LogP contribution in [0.2, 0.25) is 0 Å². The van der Waals surface area contributed by atoms with E-state index in [1.807, 2.05) is 44.0 Å². The number of aliphatic imine (C=N–C) groups is 1. The van der Waals surface area contributed by atoms with Crippen molar-refractivity contribution in [2.75, 3.05) is 19.6 Å². The van der Waals surface area contributed by atoms with E-state index in [9.17, 15) is 4.79 Å². The Morgan fingerprint density at radius 3 is 2.85 bits per heavy atom. The minimum atomic E-state index is 0.0446. The Balaban J connectivity index is 1.66. The summed E-state index contributed by atoms with van der Waals surface area (Å²) in [6.07, 6.45) is 0.940. The second-order valence-corrected chi connectivity index (χ2v) is 7.34. The fourth-order valence-electron chi connectivity index (χ4n) is 3.44. The molecule has 146 valence electrons. The first-order chi connectivity index (χ1) is 13.0. The molecule has 1 amide bonds. The summed E-state index contributed by atoms with van der Waals surface area (Å²) in [6.45, 7) is 8.77. The monoisotopic (exact) mass is 370 g/mol. The van der Waals surface area contributed by atoms with Gasteiger partial charge in [0.15, 0.2) is 5.96 Å². The Labute approximate surface area is 160 Å². The highest BCUT2D eigenvalue weighted by Crippen LogP contribution is 2.15. The van der Waals surface area contributed by atoms with Gasteiger partial charge in [-0.3, -0.25) is 4.79 Å². The Kier molecular flexibility index (Phi) is 5.98. The van der Waals surface area contributed by atoms with Gasteiger partial charge in [-0.2, -0.15) is 0 Å². The van der Waals surface area contributed by atoms with Crippen molar-refractivity contribution in [2.24, 2.45) is 18.0 Å². The van der Waals surface area contributed by atoms with Crippen molar-refractivity contribution in [1.82, 2.24) is 25.1 Å². The molecule has 0 aliphatic carbocycles. The summed E-state index contributed by atoms with van der Waals surface area (Å²) in [6, 6.07) is 8.33. The number of aromatic nitrogens is 2. The number of nitrogens with zero attached hydrogens (tertiary/aromatic N) is 4. The first kappa shape index (κ1) is 19.2. The van der Waals surface area contributed by atoms with Crippen LogP contribution in [-0.2, 0) is 18.4 Å². The van der Waals surface area contributed by atoms with Crippen LogP contribution in [0.3, 0.4) is 0 Å². The first-order valence-electron chi connectivity index (χ1n) is 9.73. The average Bonchev–Trinajstić information content (AvgIpc) is 3.24. The van der Waals surface area contributed by atoms with E-state index in [0.717, 1.165) is 48.9 Å². The zero-order valence-corrected chi connectivity index (χ0v) is 16.7. The molecule has 2 N–H and O–H groups in total. The Bertz CT molecular complexity index is 825. The Morgan fingerprint density at radius 1 is 1.37 bits per heavy atom. The van der Waals surface area contributed by atoms with Gasteiger partial charge in [-0.05, 0) is 25.5 Å². The number of imidazole rings is 1. The van der Waals surface area contributed by atoms with Crippen molar-refractivity contribution in [3.05, 3.63) is 30.1 Å². The number of hydrogen-bond acceptors (Lipinski definition) is 3.